The summed E-state index contributed by atoms with van der Waals surface area (Å²) >= 11 is 1.34. The van der Waals surface area contributed by atoms with Crippen LogP contribution >= 0.6 is 11.3 Å². The predicted molar refractivity (Wildman–Crippen MR) is 82.6 cm³/mol. The molecule has 1 aliphatic heterocycles. The van der Waals surface area contributed by atoms with Crippen molar-refractivity contribution in [2.24, 2.45) is 5.92 Å². The van der Waals surface area contributed by atoms with Crippen molar-refractivity contribution < 1.29 is 19.1 Å². The maximum absolute atomic E-state index is 12.3. The Morgan fingerprint density at radius 3 is 2.59 bits per heavy atom. The fourth-order valence-electron chi connectivity index (χ4n) is 2.51. The molecule has 0 radical (unpaired) electrons. The van der Waals surface area contributed by atoms with Gasteiger partial charge in [-0.1, -0.05) is 6.07 Å². The van der Waals surface area contributed by atoms with Crippen LogP contribution in [-0.4, -0.2) is 48.9 Å². The van der Waals surface area contributed by atoms with E-state index in [0.717, 1.165) is 0 Å². The first-order chi connectivity index (χ1) is 10.5. The number of carbonyl (C=O) groups excluding carboxylic acids is 3. The van der Waals surface area contributed by atoms with Crippen LogP contribution in [0.1, 0.15) is 29.4 Å². The Balaban J connectivity index is 1.84. The molecule has 0 saturated carbocycles. The van der Waals surface area contributed by atoms with E-state index in [4.69, 9.17) is 4.74 Å². The van der Waals surface area contributed by atoms with Crippen molar-refractivity contribution in [1.29, 1.82) is 0 Å². The molecular formula is C15H20N2O4S. The summed E-state index contributed by atoms with van der Waals surface area (Å²) in [6, 6.07) is 2.94. The molecule has 0 aromatic carbocycles. The quantitative estimate of drug-likeness (QED) is 0.847. The van der Waals surface area contributed by atoms with Gasteiger partial charge in [-0.05, 0) is 31.2 Å². The predicted octanol–water partition coefficient (Wildman–Crippen LogP) is 1.28. The van der Waals surface area contributed by atoms with Crippen LogP contribution in [0.25, 0.3) is 0 Å². The van der Waals surface area contributed by atoms with Crippen LogP contribution in [-0.2, 0) is 14.3 Å². The minimum Gasteiger partial charge on any atom is -0.469 e. The van der Waals surface area contributed by atoms with E-state index in [1.807, 2.05) is 5.38 Å². The lowest BCUT2D eigenvalue weighted by Gasteiger charge is -2.32. The standard InChI is InChI=1S/C15H20N2O4S/c1-10(16-13(18)12-4-3-9-22-12)14(19)17-7-5-11(6-8-17)15(20)21-2/h3-4,9-11H,5-8H2,1-2H3,(H,16,18). The highest BCUT2D eigenvalue weighted by Crippen LogP contribution is 2.19. The first-order valence-corrected chi connectivity index (χ1v) is 8.12. The summed E-state index contributed by atoms with van der Waals surface area (Å²) in [5.41, 5.74) is 0. The van der Waals surface area contributed by atoms with E-state index in [2.05, 4.69) is 5.32 Å². The molecule has 2 heterocycles. The molecule has 0 aliphatic carbocycles. The smallest absolute Gasteiger partial charge is 0.308 e. The molecule has 6 nitrogen and oxygen atoms in total. The van der Waals surface area contributed by atoms with Crippen LogP contribution in [0.5, 0.6) is 0 Å². The van der Waals surface area contributed by atoms with Crippen LogP contribution in [0, 0.1) is 5.92 Å². The van der Waals surface area contributed by atoms with E-state index in [1.165, 1.54) is 18.4 Å². The number of nitrogens with one attached hydrogen (secondary N) is 1. The second-order valence-electron chi connectivity index (χ2n) is 5.30. The largest absolute Gasteiger partial charge is 0.469 e. The highest BCUT2D eigenvalue weighted by Gasteiger charge is 2.30. The zero-order valence-corrected chi connectivity index (χ0v) is 13.5. The molecule has 2 rings (SSSR count). The zero-order valence-electron chi connectivity index (χ0n) is 12.7. The van der Waals surface area contributed by atoms with Crippen LogP contribution in [0.3, 0.4) is 0 Å². The summed E-state index contributed by atoms with van der Waals surface area (Å²) in [7, 11) is 1.38. The van der Waals surface area contributed by atoms with Gasteiger partial charge in [0.15, 0.2) is 0 Å². The Bertz CT molecular complexity index is 536. The van der Waals surface area contributed by atoms with Crippen molar-refractivity contribution in [3.8, 4) is 0 Å². The van der Waals surface area contributed by atoms with Crippen molar-refractivity contribution in [2.75, 3.05) is 20.2 Å². The van der Waals surface area contributed by atoms with E-state index in [-0.39, 0.29) is 23.7 Å². The number of carbonyl (C=O) groups is 3. The second kappa shape index (κ2) is 7.40. The molecule has 1 aromatic rings. The molecule has 1 unspecified atom stereocenters. The lowest BCUT2D eigenvalue weighted by molar-refractivity contribution is -0.149. The van der Waals surface area contributed by atoms with Crippen LogP contribution < -0.4 is 5.32 Å². The van der Waals surface area contributed by atoms with Crippen molar-refractivity contribution >= 4 is 29.1 Å². The number of amides is 2. The first kappa shape index (κ1) is 16.5. The minimum atomic E-state index is -0.579. The molecule has 1 N–H and O–H groups in total. The fourth-order valence-corrected chi connectivity index (χ4v) is 3.14. The summed E-state index contributed by atoms with van der Waals surface area (Å²) in [4.78, 5) is 38.1. The third-order valence-corrected chi connectivity index (χ3v) is 4.67. The van der Waals surface area contributed by atoms with Gasteiger partial charge in [-0.15, -0.1) is 11.3 Å². The van der Waals surface area contributed by atoms with E-state index in [0.29, 0.717) is 30.8 Å². The van der Waals surface area contributed by atoms with E-state index in [9.17, 15) is 14.4 Å². The Hall–Kier alpha value is -1.89. The molecule has 120 valence electrons. The second-order valence-corrected chi connectivity index (χ2v) is 6.24. The van der Waals surface area contributed by atoms with Gasteiger partial charge in [0.25, 0.3) is 5.91 Å². The summed E-state index contributed by atoms with van der Waals surface area (Å²) in [6.45, 7) is 2.70. The Kier molecular flexibility index (Phi) is 5.54. The Labute approximate surface area is 133 Å². The monoisotopic (exact) mass is 324 g/mol. The van der Waals surface area contributed by atoms with Crippen molar-refractivity contribution in [3.63, 3.8) is 0 Å². The first-order valence-electron chi connectivity index (χ1n) is 7.24. The van der Waals surface area contributed by atoms with E-state index in [1.54, 1.807) is 24.0 Å². The van der Waals surface area contributed by atoms with Crippen LogP contribution in [0.4, 0.5) is 0 Å². The summed E-state index contributed by atoms with van der Waals surface area (Å²) in [5, 5.41) is 4.53. The molecule has 1 aromatic heterocycles. The number of methoxy groups -OCH3 is 1. The number of hydrogen-bond acceptors (Lipinski definition) is 5. The number of rotatable bonds is 4. The van der Waals surface area contributed by atoms with Gasteiger partial charge in [0, 0.05) is 13.1 Å². The summed E-state index contributed by atoms with van der Waals surface area (Å²) in [6.07, 6.45) is 1.20. The third-order valence-electron chi connectivity index (χ3n) is 3.80. The van der Waals surface area contributed by atoms with Gasteiger partial charge in [0.05, 0.1) is 17.9 Å². The van der Waals surface area contributed by atoms with Crippen molar-refractivity contribution in [3.05, 3.63) is 22.4 Å². The zero-order chi connectivity index (χ0) is 16.1. The number of ether oxygens (including phenoxy) is 1. The molecule has 7 heteroatoms. The van der Waals surface area contributed by atoms with E-state index < -0.39 is 6.04 Å². The Morgan fingerprint density at radius 2 is 2.05 bits per heavy atom. The fraction of sp³-hybridized carbons (Fsp3) is 0.533. The van der Waals surface area contributed by atoms with Gasteiger partial charge in [-0.2, -0.15) is 0 Å². The van der Waals surface area contributed by atoms with Gasteiger partial charge < -0.3 is 15.0 Å². The van der Waals surface area contributed by atoms with Gasteiger partial charge in [0.2, 0.25) is 5.91 Å². The maximum Gasteiger partial charge on any atom is 0.308 e. The lowest BCUT2D eigenvalue weighted by atomic mass is 9.96. The van der Waals surface area contributed by atoms with Crippen molar-refractivity contribution in [1.82, 2.24) is 10.2 Å². The molecule has 1 aliphatic rings. The van der Waals surface area contributed by atoms with Crippen LogP contribution in [0.15, 0.2) is 17.5 Å². The molecule has 0 bridgehead atoms. The van der Waals surface area contributed by atoms with Crippen molar-refractivity contribution in [2.45, 2.75) is 25.8 Å². The molecule has 1 saturated heterocycles. The number of likely N-dealkylation sites (tertiary alicyclic amines) is 1. The van der Waals surface area contributed by atoms with Gasteiger partial charge in [0.1, 0.15) is 6.04 Å². The number of thiophene rings is 1. The normalized spacial score (nSPS) is 16.9. The number of piperidine rings is 1. The Morgan fingerprint density at radius 1 is 1.36 bits per heavy atom. The molecular weight excluding hydrogens is 304 g/mol. The van der Waals surface area contributed by atoms with Gasteiger partial charge in [-0.25, -0.2) is 0 Å². The third kappa shape index (κ3) is 3.85. The van der Waals surface area contributed by atoms with E-state index >= 15 is 0 Å². The number of hydrogen-bond donors (Lipinski definition) is 1. The number of esters is 1. The summed E-state index contributed by atoms with van der Waals surface area (Å²) in [5.74, 6) is -0.704. The lowest BCUT2D eigenvalue weighted by Crippen LogP contribution is -2.49. The van der Waals surface area contributed by atoms with Crippen LogP contribution in [0.2, 0.25) is 0 Å². The molecule has 2 amide bonds. The summed E-state index contributed by atoms with van der Waals surface area (Å²) < 4.78 is 4.73. The highest BCUT2D eigenvalue weighted by molar-refractivity contribution is 7.12. The molecule has 1 atom stereocenters. The molecule has 0 spiro atoms. The minimum absolute atomic E-state index is 0.117. The number of nitrogens with zero attached hydrogens (tertiary/aromatic N) is 1. The average molecular weight is 324 g/mol. The average Bonchev–Trinajstić information content (AvgIpc) is 3.08. The maximum atomic E-state index is 12.3. The van der Waals surface area contributed by atoms with Gasteiger partial charge in [-0.3, -0.25) is 14.4 Å². The SMILES string of the molecule is COC(=O)C1CCN(C(=O)C(C)NC(=O)c2cccs2)CC1. The molecule has 22 heavy (non-hydrogen) atoms. The topological polar surface area (TPSA) is 75.7 Å². The molecule has 1 fully saturated rings. The van der Waals surface area contributed by atoms with Gasteiger partial charge >= 0.3 is 5.97 Å². The highest BCUT2D eigenvalue weighted by atomic mass is 32.1.